The van der Waals surface area contributed by atoms with E-state index in [1.165, 1.54) is 4.90 Å². The molecule has 0 spiro atoms. The number of aliphatic hydroxyl groups is 1. The summed E-state index contributed by atoms with van der Waals surface area (Å²) in [7, 11) is 1.55. The Balaban J connectivity index is 0.000000982. The van der Waals surface area contributed by atoms with E-state index in [9.17, 15) is 9.59 Å². The minimum absolute atomic E-state index is 0.126. The second-order valence-corrected chi connectivity index (χ2v) is 4.57. The van der Waals surface area contributed by atoms with Gasteiger partial charge in [-0.2, -0.15) is 0 Å². The van der Waals surface area contributed by atoms with Gasteiger partial charge in [0.2, 0.25) is 5.91 Å². The van der Waals surface area contributed by atoms with Crippen molar-refractivity contribution < 1.29 is 24.5 Å². The van der Waals surface area contributed by atoms with Gasteiger partial charge in [0.05, 0.1) is 12.0 Å². The van der Waals surface area contributed by atoms with E-state index in [0.717, 1.165) is 6.42 Å². The number of hydrogen-bond acceptors (Lipinski definition) is 4. The first kappa shape index (κ1) is 17.9. The molecule has 112 valence electrons. The predicted octanol–water partition coefficient (Wildman–Crippen LogP) is 0.732. The van der Waals surface area contributed by atoms with Crippen LogP contribution in [0.5, 0.6) is 0 Å². The van der Waals surface area contributed by atoms with Crippen molar-refractivity contribution in [3.05, 3.63) is 0 Å². The maximum absolute atomic E-state index is 12.0. The first-order valence-corrected chi connectivity index (χ1v) is 6.57. The minimum Gasteiger partial charge on any atom is -0.480 e. The van der Waals surface area contributed by atoms with E-state index in [4.69, 9.17) is 14.9 Å². The van der Waals surface area contributed by atoms with Crippen molar-refractivity contribution in [2.24, 2.45) is 5.92 Å². The summed E-state index contributed by atoms with van der Waals surface area (Å²) in [5.41, 5.74) is 0. The Kier molecular flexibility index (Phi) is 8.34. The first-order chi connectivity index (χ1) is 8.90. The number of likely N-dealkylation sites (tertiary alicyclic amines) is 1. The molecule has 1 amide bonds. The third-order valence-corrected chi connectivity index (χ3v) is 3.29. The molecule has 0 radical (unpaired) electrons. The summed E-state index contributed by atoms with van der Waals surface area (Å²) in [6.07, 6.45) is 1.12. The molecule has 3 atom stereocenters. The number of carbonyl (C=O) groups is 2. The number of hydrogen-bond donors (Lipinski definition) is 2. The molecule has 6 nitrogen and oxygen atoms in total. The molecule has 0 aromatic heterocycles. The number of carbonyl (C=O) groups excluding carboxylic acids is 1. The molecule has 0 bridgehead atoms. The van der Waals surface area contributed by atoms with Gasteiger partial charge < -0.3 is 19.8 Å². The zero-order chi connectivity index (χ0) is 15.0. The highest BCUT2D eigenvalue weighted by Crippen LogP contribution is 2.21. The van der Waals surface area contributed by atoms with Crippen molar-refractivity contribution in [1.82, 2.24) is 4.90 Å². The Labute approximate surface area is 114 Å². The van der Waals surface area contributed by atoms with E-state index < -0.39 is 12.0 Å². The summed E-state index contributed by atoms with van der Waals surface area (Å²) in [5.74, 6) is -1.34. The van der Waals surface area contributed by atoms with Crippen molar-refractivity contribution in [2.45, 2.75) is 45.8 Å². The minimum atomic E-state index is -0.914. The number of amides is 1. The lowest BCUT2D eigenvalue weighted by Crippen LogP contribution is -2.45. The highest BCUT2D eigenvalue weighted by atomic mass is 16.5. The molecule has 2 N–H and O–H groups in total. The fourth-order valence-corrected chi connectivity index (χ4v) is 1.95. The van der Waals surface area contributed by atoms with Crippen LogP contribution in [0.15, 0.2) is 0 Å². The molecular weight excluding hydrogens is 250 g/mol. The van der Waals surface area contributed by atoms with E-state index in [1.54, 1.807) is 21.0 Å². The van der Waals surface area contributed by atoms with Crippen molar-refractivity contribution >= 4 is 11.9 Å². The first-order valence-electron chi connectivity index (χ1n) is 6.57. The van der Waals surface area contributed by atoms with E-state index in [0.29, 0.717) is 13.0 Å². The topological polar surface area (TPSA) is 87.1 Å². The second-order valence-electron chi connectivity index (χ2n) is 4.57. The van der Waals surface area contributed by atoms with Gasteiger partial charge in [0.25, 0.3) is 0 Å². The lowest BCUT2D eigenvalue weighted by atomic mass is 10.0. The lowest BCUT2D eigenvalue weighted by molar-refractivity contribution is -0.151. The maximum Gasteiger partial charge on any atom is 0.326 e. The Hall–Kier alpha value is -1.14. The van der Waals surface area contributed by atoms with E-state index in [1.807, 2.05) is 6.92 Å². The molecule has 3 unspecified atom stereocenters. The molecule has 1 rings (SSSR count). The van der Waals surface area contributed by atoms with Gasteiger partial charge in [-0.15, -0.1) is 0 Å². The van der Waals surface area contributed by atoms with E-state index in [-0.39, 0.29) is 24.5 Å². The summed E-state index contributed by atoms with van der Waals surface area (Å²) in [6, 6.07) is -0.654. The number of carboxylic acid groups (broad SMARTS) is 1. The van der Waals surface area contributed by atoms with Crippen LogP contribution < -0.4 is 0 Å². The monoisotopic (exact) mass is 275 g/mol. The molecule has 1 heterocycles. The van der Waals surface area contributed by atoms with E-state index in [2.05, 4.69) is 0 Å². The third kappa shape index (κ3) is 5.16. The fraction of sp³-hybridized carbons (Fsp3) is 0.846. The number of nitrogens with zero attached hydrogens (tertiary/aromatic N) is 1. The Morgan fingerprint density at radius 2 is 1.95 bits per heavy atom. The van der Waals surface area contributed by atoms with Gasteiger partial charge in [0.15, 0.2) is 0 Å². The molecule has 0 aromatic rings. The highest BCUT2D eigenvalue weighted by molar-refractivity contribution is 5.85. The predicted molar refractivity (Wildman–Crippen MR) is 70.8 cm³/mol. The maximum atomic E-state index is 12.0. The van der Waals surface area contributed by atoms with Gasteiger partial charge in [0, 0.05) is 20.3 Å². The molecule has 1 fully saturated rings. The summed E-state index contributed by atoms with van der Waals surface area (Å²) >= 11 is 0. The highest BCUT2D eigenvalue weighted by Gasteiger charge is 2.37. The van der Waals surface area contributed by atoms with Crippen LogP contribution in [0.2, 0.25) is 0 Å². The number of ether oxygens (including phenoxy) is 1. The van der Waals surface area contributed by atoms with Crippen LogP contribution in [0.4, 0.5) is 0 Å². The van der Waals surface area contributed by atoms with Crippen LogP contribution in [-0.2, 0) is 14.3 Å². The molecule has 6 heteroatoms. The zero-order valence-corrected chi connectivity index (χ0v) is 12.1. The van der Waals surface area contributed by atoms with Crippen LogP contribution >= 0.6 is 0 Å². The van der Waals surface area contributed by atoms with Crippen LogP contribution in [0.3, 0.4) is 0 Å². The van der Waals surface area contributed by atoms with Gasteiger partial charge in [-0.05, 0) is 26.7 Å². The Morgan fingerprint density at radius 3 is 2.37 bits per heavy atom. The molecule has 1 saturated heterocycles. The van der Waals surface area contributed by atoms with Gasteiger partial charge >= 0.3 is 5.97 Å². The van der Waals surface area contributed by atoms with Gasteiger partial charge in [-0.3, -0.25) is 4.79 Å². The number of aliphatic hydroxyl groups excluding tert-OH is 1. The molecule has 0 saturated carbocycles. The average Bonchev–Trinajstić information content (AvgIpc) is 2.86. The summed E-state index contributed by atoms with van der Waals surface area (Å²) in [5, 5.41) is 16.6. The average molecular weight is 275 g/mol. The zero-order valence-electron chi connectivity index (χ0n) is 12.1. The van der Waals surface area contributed by atoms with Crippen molar-refractivity contribution in [1.29, 1.82) is 0 Å². The molecule has 1 aliphatic heterocycles. The summed E-state index contributed by atoms with van der Waals surface area (Å²) in [4.78, 5) is 24.5. The van der Waals surface area contributed by atoms with Crippen LogP contribution in [0.1, 0.15) is 33.6 Å². The van der Waals surface area contributed by atoms with Gasteiger partial charge in [-0.1, -0.05) is 6.92 Å². The fourth-order valence-electron chi connectivity index (χ4n) is 1.95. The number of rotatable bonds is 4. The van der Waals surface area contributed by atoms with Crippen molar-refractivity contribution in [3.8, 4) is 0 Å². The van der Waals surface area contributed by atoms with Crippen molar-refractivity contribution in [3.63, 3.8) is 0 Å². The van der Waals surface area contributed by atoms with Crippen LogP contribution in [0, 0.1) is 5.92 Å². The number of methoxy groups -OCH3 is 1. The van der Waals surface area contributed by atoms with Crippen molar-refractivity contribution in [2.75, 3.05) is 20.3 Å². The quantitative estimate of drug-likeness (QED) is 0.790. The molecule has 1 aliphatic rings. The molecular formula is C13H25NO5. The van der Waals surface area contributed by atoms with Crippen LogP contribution in [-0.4, -0.2) is 59.4 Å². The SMILES string of the molecule is CCO.COC(C)C(C)C(=O)N1CCCC1C(=O)O. The van der Waals surface area contributed by atoms with E-state index >= 15 is 0 Å². The lowest BCUT2D eigenvalue weighted by Gasteiger charge is -2.27. The Bertz CT molecular complexity index is 295. The van der Waals surface area contributed by atoms with Gasteiger partial charge in [0.1, 0.15) is 6.04 Å². The molecule has 19 heavy (non-hydrogen) atoms. The molecule has 0 aliphatic carbocycles. The molecule has 0 aromatic carbocycles. The van der Waals surface area contributed by atoms with Crippen LogP contribution in [0.25, 0.3) is 0 Å². The normalized spacial score (nSPS) is 21.3. The third-order valence-electron chi connectivity index (χ3n) is 3.29. The number of carboxylic acids is 1. The summed E-state index contributed by atoms with van der Waals surface area (Å²) in [6.45, 7) is 6.05. The largest absolute Gasteiger partial charge is 0.480 e. The number of aliphatic carboxylic acids is 1. The summed E-state index contributed by atoms with van der Waals surface area (Å²) < 4.78 is 5.09. The standard InChI is InChI=1S/C11H19NO4.C2H6O/c1-7(8(2)16-3)10(13)12-6-4-5-9(12)11(14)15;1-2-3/h7-9H,4-6H2,1-3H3,(H,14,15);3H,2H2,1H3. The second kappa shape index (κ2) is 8.87. The smallest absolute Gasteiger partial charge is 0.326 e. The van der Waals surface area contributed by atoms with Gasteiger partial charge in [-0.25, -0.2) is 4.79 Å². The Morgan fingerprint density at radius 1 is 1.42 bits per heavy atom.